The minimum atomic E-state index is -4.66. The lowest BCUT2D eigenvalue weighted by molar-refractivity contribution is -0.130. The fraction of sp³-hybridized carbons (Fsp3) is 0.524. The van der Waals surface area contributed by atoms with Crippen LogP contribution >= 0.6 is 0 Å². The molecule has 1 aromatic heterocycles. The average Bonchev–Trinajstić information content (AvgIpc) is 3.32. The number of halogens is 6. The van der Waals surface area contributed by atoms with Crippen LogP contribution in [0.3, 0.4) is 0 Å². The molecule has 2 aliphatic rings. The van der Waals surface area contributed by atoms with Crippen molar-refractivity contribution < 1.29 is 45.0 Å². The first-order chi connectivity index (χ1) is 16.0. The monoisotopic (exact) mass is 493 g/mol. The van der Waals surface area contributed by atoms with Gasteiger partial charge in [0, 0.05) is 31.3 Å². The van der Waals surface area contributed by atoms with Crippen LogP contribution in [0.5, 0.6) is 5.75 Å². The van der Waals surface area contributed by atoms with Crippen molar-refractivity contribution in [3.05, 3.63) is 35.5 Å². The Kier molecular flexibility index (Phi) is 6.65. The molecular weight excluding hydrogens is 472 g/mol. The molecule has 4 rings (SSSR count). The van der Waals surface area contributed by atoms with Crippen molar-refractivity contribution in [3.63, 3.8) is 0 Å². The molecule has 1 aromatic carbocycles. The first kappa shape index (κ1) is 24.2. The number of amides is 1. The predicted molar refractivity (Wildman–Crippen MR) is 107 cm³/mol. The maximum Gasteiger partial charge on any atom is 0.396 e. The van der Waals surface area contributed by atoms with Gasteiger partial charge in [-0.05, 0) is 25.0 Å². The second kappa shape index (κ2) is 9.35. The molecular formula is C21H21F6N3O4. The Balaban J connectivity index is 1.51. The van der Waals surface area contributed by atoms with Crippen LogP contribution in [-0.2, 0) is 11.2 Å². The fourth-order valence-electron chi connectivity index (χ4n) is 3.77. The van der Waals surface area contributed by atoms with E-state index in [2.05, 4.69) is 10.3 Å². The number of rotatable bonds is 6. The molecule has 1 amide bonds. The summed E-state index contributed by atoms with van der Waals surface area (Å²) in [6.07, 6.45) is -7.67. The van der Waals surface area contributed by atoms with Crippen LogP contribution in [0.1, 0.15) is 35.5 Å². The molecule has 1 saturated carbocycles. The highest BCUT2D eigenvalue weighted by Gasteiger charge is 2.46. The van der Waals surface area contributed by atoms with Crippen LogP contribution in [0.15, 0.2) is 22.6 Å². The summed E-state index contributed by atoms with van der Waals surface area (Å²) in [7, 11) is 0. The van der Waals surface area contributed by atoms with Gasteiger partial charge in [-0.2, -0.15) is 18.2 Å². The van der Waals surface area contributed by atoms with Gasteiger partial charge >= 0.3 is 6.18 Å². The maximum atomic E-state index is 14.4. The van der Waals surface area contributed by atoms with Crippen LogP contribution in [0, 0.1) is 5.82 Å². The number of carbonyl (C=O) groups is 1. The van der Waals surface area contributed by atoms with Crippen molar-refractivity contribution in [2.24, 2.45) is 0 Å². The SMILES string of the molecule is O=C(Nc1ccc(OC2CCCC2(F)F)c(F)c1)c1nc(N2CCOCC2)oc1CC(F)(F)F. The van der Waals surface area contributed by atoms with Gasteiger partial charge in [0.25, 0.3) is 17.8 Å². The number of anilines is 2. The van der Waals surface area contributed by atoms with Gasteiger partial charge in [-0.1, -0.05) is 0 Å². The molecule has 13 heteroatoms. The summed E-state index contributed by atoms with van der Waals surface area (Å²) in [5, 5.41) is 2.26. The second-order valence-corrected chi connectivity index (χ2v) is 8.02. The van der Waals surface area contributed by atoms with E-state index < -0.39 is 53.6 Å². The molecule has 2 aromatic rings. The summed E-state index contributed by atoms with van der Waals surface area (Å²) in [5.74, 6) is -6.23. The number of benzene rings is 1. The van der Waals surface area contributed by atoms with Crippen LogP contribution in [0.4, 0.5) is 38.0 Å². The largest absolute Gasteiger partial charge is 0.481 e. The smallest absolute Gasteiger partial charge is 0.396 e. The summed E-state index contributed by atoms with van der Waals surface area (Å²) in [5.41, 5.74) is -0.716. The number of nitrogens with zero attached hydrogens (tertiary/aromatic N) is 2. The van der Waals surface area contributed by atoms with Gasteiger partial charge in [0.15, 0.2) is 23.4 Å². The van der Waals surface area contributed by atoms with Gasteiger partial charge in [-0.3, -0.25) is 4.79 Å². The summed E-state index contributed by atoms with van der Waals surface area (Å²) >= 11 is 0. The average molecular weight is 493 g/mol. The minimum absolute atomic E-state index is 0.0740. The number of carbonyl (C=O) groups excluding carboxylic acids is 1. The molecule has 1 N–H and O–H groups in total. The Bertz CT molecular complexity index is 1040. The molecule has 186 valence electrons. The van der Waals surface area contributed by atoms with Gasteiger partial charge in [0.1, 0.15) is 12.2 Å². The van der Waals surface area contributed by atoms with Gasteiger partial charge in [-0.15, -0.1) is 0 Å². The number of ether oxygens (including phenoxy) is 2. The summed E-state index contributed by atoms with van der Waals surface area (Å²) in [6, 6.07) is 2.93. The molecule has 0 bridgehead atoms. The van der Waals surface area contributed by atoms with E-state index in [0.29, 0.717) is 26.3 Å². The number of hydrogen-bond acceptors (Lipinski definition) is 6. The Labute approximate surface area is 190 Å². The molecule has 1 aliphatic carbocycles. The first-order valence-corrected chi connectivity index (χ1v) is 10.6. The lowest BCUT2D eigenvalue weighted by Crippen LogP contribution is -2.36. The van der Waals surface area contributed by atoms with E-state index in [1.54, 1.807) is 4.90 Å². The van der Waals surface area contributed by atoms with Crippen LogP contribution in [0.25, 0.3) is 0 Å². The van der Waals surface area contributed by atoms with Crippen LogP contribution in [0.2, 0.25) is 0 Å². The normalized spacial score (nSPS) is 20.4. The van der Waals surface area contributed by atoms with E-state index in [1.165, 1.54) is 6.07 Å². The van der Waals surface area contributed by atoms with Crippen molar-refractivity contribution in [2.45, 2.75) is 43.9 Å². The van der Waals surface area contributed by atoms with Gasteiger partial charge in [0.05, 0.1) is 13.2 Å². The van der Waals surface area contributed by atoms with Gasteiger partial charge in [-0.25, -0.2) is 13.2 Å². The van der Waals surface area contributed by atoms with Crippen molar-refractivity contribution in [2.75, 3.05) is 36.5 Å². The zero-order valence-electron chi connectivity index (χ0n) is 17.8. The summed E-state index contributed by atoms with van der Waals surface area (Å²) in [4.78, 5) is 18.2. The van der Waals surface area contributed by atoms with Crippen LogP contribution < -0.4 is 15.0 Å². The topological polar surface area (TPSA) is 76.8 Å². The number of nitrogens with one attached hydrogen (secondary N) is 1. The van der Waals surface area contributed by atoms with Crippen molar-refractivity contribution >= 4 is 17.6 Å². The lowest BCUT2D eigenvalue weighted by atomic mass is 10.2. The molecule has 1 atom stereocenters. The quantitative estimate of drug-likeness (QED) is 0.594. The molecule has 1 unspecified atom stereocenters. The maximum absolute atomic E-state index is 14.4. The number of oxazole rings is 1. The minimum Gasteiger partial charge on any atom is -0.481 e. The summed E-state index contributed by atoms with van der Waals surface area (Å²) < 4.78 is 96.5. The third kappa shape index (κ3) is 5.57. The van der Waals surface area contributed by atoms with E-state index in [-0.39, 0.29) is 31.0 Å². The van der Waals surface area contributed by atoms with Crippen LogP contribution in [-0.4, -0.2) is 55.4 Å². The number of morpholine rings is 1. The van der Waals surface area contributed by atoms with Crippen molar-refractivity contribution in [1.82, 2.24) is 4.98 Å². The van der Waals surface area contributed by atoms with Gasteiger partial charge < -0.3 is 24.1 Å². The zero-order chi connectivity index (χ0) is 24.5. The molecule has 34 heavy (non-hydrogen) atoms. The Morgan fingerprint density at radius 3 is 2.62 bits per heavy atom. The molecule has 0 radical (unpaired) electrons. The van der Waals surface area contributed by atoms with E-state index >= 15 is 0 Å². The molecule has 2 heterocycles. The fourth-order valence-corrected chi connectivity index (χ4v) is 3.77. The highest BCUT2D eigenvalue weighted by Crippen LogP contribution is 2.38. The van der Waals surface area contributed by atoms with E-state index in [1.807, 2.05) is 0 Å². The Morgan fingerprint density at radius 1 is 1.26 bits per heavy atom. The van der Waals surface area contributed by atoms with Crippen molar-refractivity contribution in [1.29, 1.82) is 0 Å². The zero-order valence-corrected chi connectivity index (χ0v) is 17.8. The first-order valence-electron chi connectivity index (χ1n) is 10.6. The molecule has 1 saturated heterocycles. The molecule has 2 fully saturated rings. The highest BCUT2D eigenvalue weighted by atomic mass is 19.4. The predicted octanol–water partition coefficient (Wildman–Crippen LogP) is 4.57. The van der Waals surface area contributed by atoms with E-state index in [9.17, 15) is 31.1 Å². The molecule has 7 nitrogen and oxygen atoms in total. The second-order valence-electron chi connectivity index (χ2n) is 8.02. The third-order valence-corrected chi connectivity index (χ3v) is 5.45. The Hall–Kier alpha value is -2.96. The number of alkyl halides is 5. The number of aromatic nitrogens is 1. The summed E-state index contributed by atoms with van der Waals surface area (Å²) in [6.45, 7) is 1.28. The molecule has 1 aliphatic heterocycles. The van der Waals surface area contributed by atoms with E-state index in [4.69, 9.17) is 13.9 Å². The standard InChI is InChI=1S/C21H21F6N3O4/c22-13-10-12(3-4-14(13)33-16-2-1-5-20(16,23)24)28-18(31)17-15(11-21(25,26)27)34-19(29-17)30-6-8-32-9-7-30/h3-4,10,16H,1-2,5-9,11H2,(H,28,31). The lowest BCUT2D eigenvalue weighted by Gasteiger charge is -2.24. The Morgan fingerprint density at radius 2 is 2.00 bits per heavy atom. The highest BCUT2D eigenvalue weighted by molar-refractivity contribution is 6.03. The molecule has 0 spiro atoms. The van der Waals surface area contributed by atoms with Gasteiger partial charge in [0.2, 0.25) is 0 Å². The van der Waals surface area contributed by atoms with Crippen molar-refractivity contribution in [3.8, 4) is 5.75 Å². The van der Waals surface area contributed by atoms with E-state index in [0.717, 1.165) is 12.1 Å². The third-order valence-electron chi connectivity index (χ3n) is 5.45. The number of hydrogen-bond donors (Lipinski definition) is 1.